The monoisotopic (exact) mass is 298 g/mol. The summed E-state index contributed by atoms with van der Waals surface area (Å²) in [7, 11) is 0. The quantitative estimate of drug-likeness (QED) is 0.572. The van der Waals surface area contributed by atoms with Crippen molar-refractivity contribution < 1.29 is 9.90 Å². The van der Waals surface area contributed by atoms with Gasteiger partial charge in [-0.05, 0) is 24.3 Å². The van der Waals surface area contributed by atoms with Crippen LogP contribution in [0.15, 0.2) is 46.1 Å². The fraction of sp³-hybridized carbons (Fsp3) is 0. The fourth-order valence-electron chi connectivity index (χ4n) is 2.07. The van der Waals surface area contributed by atoms with Gasteiger partial charge in [0.1, 0.15) is 5.82 Å². The number of aromatic nitrogens is 3. The van der Waals surface area contributed by atoms with E-state index in [9.17, 15) is 14.4 Å². The molecule has 0 saturated carbocycles. The maximum absolute atomic E-state index is 11.9. The first-order valence-corrected chi connectivity index (χ1v) is 6.26. The fourth-order valence-corrected chi connectivity index (χ4v) is 2.07. The van der Waals surface area contributed by atoms with E-state index in [1.165, 1.54) is 24.4 Å². The molecule has 0 aliphatic heterocycles. The minimum atomic E-state index is -1.08. The number of nitrogens with one attached hydrogen (secondary N) is 3. The van der Waals surface area contributed by atoms with Gasteiger partial charge in [-0.3, -0.25) is 19.8 Å². The third kappa shape index (κ3) is 2.33. The van der Waals surface area contributed by atoms with Crippen LogP contribution in [-0.2, 0) is 0 Å². The molecule has 110 valence electrons. The Morgan fingerprint density at radius 3 is 2.55 bits per heavy atom. The molecule has 22 heavy (non-hydrogen) atoms. The third-order valence-corrected chi connectivity index (χ3v) is 3.10. The lowest BCUT2D eigenvalue weighted by atomic mass is 10.1. The lowest BCUT2D eigenvalue weighted by Gasteiger charge is -2.08. The molecule has 0 unspecified atom stereocenters. The molecule has 0 amide bonds. The van der Waals surface area contributed by atoms with Gasteiger partial charge in [-0.1, -0.05) is 6.07 Å². The summed E-state index contributed by atoms with van der Waals surface area (Å²) in [6.45, 7) is 0. The van der Waals surface area contributed by atoms with Gasteiger partial charge >= 0.3 is 5.97 Å². The second-order valence-electron chi connectivity index (χ2n) is 4.50. The lowest BCUT2D eigenvalue weighted by molar-refractivity contribution is 0.0696. The molecule has 2 aromatic heterocycles. The van der Waals surface area contributed by atoms with Gasteiger partial charge < -0.3 is 10.4 Å². The Morgan fingerprint density at radius 1 is 1.09 bits per heavy atom. The molecule has 1 aromatic carbocycles. The molecule has 8 nitrogen and oxygen atoms in total. The van der Waals surface area contributed by atoms with E-state index < -0.39 is 17.1 Å². The topological polar surface area (TPSA) is 128 Å². The zero-order chi connectivity index (χ0) is 15.7. The maximum atomic E-state index is 11.9. The van der Waals surface area contributed by atoms with Crippen LogP contribution >= 0.6 is 0 Å². The van der Waals surface area contributed by atoms with Crippen molar-refractivity contribution in [3.8, 4) is 0 Å². The largest absolute Gasteiger partial charge is 0.478 e. The molecule has 0 fully saturated rings. The van der Waals surface area contributed by atoms with E-state index in [1.54, 1.807) is 12.1 Å². The van der Waals surface area contributed by atoms with Crippen LogP contribution in [0.2, 0.25) is 0 Å². The van der Waals surface area contributed by atoms with Crippen molar-refractivity contribution in [2.75, 3.05) is 5.32 Å². The summed E-state index contributed by atoms with van der Waals surface area (Å²) >= 11 is 0. The van der Waals surface area contributed by atoms with Gasteiger partial charge in [0, 0.05) is 6.20 Å². The number of nitrogens with zero attached hydrogens (tertiary/aromatic N) is 1. The average molecular weight is 298 g/mol. The Balaban J connectivity index is 2.08. The molecule has 0 aliphatic rings. The van der Waals surface area contributed by atoms with Crippen LogP contribution in [0.4, 0.5) is 11.5 Å². The standard InChI is InChI=1S/C14H10N4O4/c19-12-8-2-1-3-9(11(8)13(20)18-17-12)16-10-5-4-7(6-15-10)14(21)22/h1-6H,(H,15,16)(H,17,19)(H,18,20)(H,21,22). The van der Waals surface area contributed by atoms with E-state index in [0.717, 1.165) is 0 Å². The summed E-state index contributed by atoms with van der Waals surface area (Å²) in [5, 5.41) is 16.7. The number of anilines is 2. The van der Waals surface area contributed by atoms with Crippen molar-refractivity contribution in [3.05, 3.63) is 62.8 Å². The molecule has 0 radical (unpaired) electrons. The summed E-state index contributed by atoms with van der Waals surface area (Å²) in [5.74, 6) is -0.718. The van der Waals surface area contributed by atoms with Gasteiger partial charge in [-0.15, -0.1) is 0 Å². The number of carboxylic acids is 1. The van der Waals surface area contributed by atoms with Gasteiger partial charge in [-0.25, -0.2) is 9.78 Å². The number of carboxylic acid groups (broad SMARTS) is 1. The Morgan fingerprint density at radius 2 is 1.86 bits per heavy atom. The number of aromatic carboxylic acids is 1. The molecule has 0 saturated heterocycles. The number of benzene rings is 1. The average Bonchev–Trinajstić information content (AvgIpc) is 2.52. The number of H-pyrrole nitrogens is 2. The SMILES string of the molecule is O=C(O)c1ccc(Nc2cccc3c(=O)[nH][nH]c(=O)c23)nc1. The van der Waals surface area contributed by atoms with Gasteiger partial charge in [0.25, 0.3) is 11.1 Å². The predicted octanol–water partition coefficient (Wildman–Crippen LogP) is 1.05. The number of fused-ring (bicyclic) bond motifs is 1. The second-order valence-corrected chi connectivity index (χ2v) is 4.50. The summed E-state index contributed by atoms with van der Waals surface area (Å²) in [4.78, 5) is 38.4. The first kappa shape index (κ1) is 13.6. The number of hydrogen-bond acceptors (Lipinski definition) is 5. The molecule has 0 aliphatic carbocycles. The van der Waals surface area contributed by atoms with Crippen LogP contribution in [0.3, 0.4) is 0 Å². The third-order valence-electron chi connectivity index (χ3n) is 3.10. The van der Waals surface area contributed by atoms with Crippen molar-refractivity contribution in [3.63, 3.8) is 0 Å². The molecule has 8 heteroatoms. The van der Waals surface area contributed by atoms with Gasteiger partial charge in [0.05, 0.1) is 22.0 Å². The maximum Gasteiger partial charge on any atom is 0.337 e. The van der Waals surface area contributed by atoms with Gasteiger partial charge in [0.15, 0.2) is 0 Å². The summed E-state index contributed by atoms with van der Waals surface area (Å²) in [5.41, 5.74) is -0.398. The second kappa shape index (κ2) is 5.17. The number of aromatic amines is 2. The molecule has 2 heterocycles. The first-order valence-electron chi connectivity index (χ1n) is 6.26. The van der Waals surface area contributed by atoms with Crippen LogP contribution in [0.25, 0.3) is 10.8 Å². The molecule has 0 spiro atoms. The highest BCUT2D eigenvalue weighted by Gasteiger charge is 2.09. The van der Waals surface area contributed by atoms with Crippen molar-refractivity contribution >= 4 is 28.2 Å². The van der Waals surface area contributed by atoms with Crippen molar-refractivity contribution in [1.29, 1.82) is 0 Å². The van der Waals surface area contributed by atoms with E-state index in [-0.39, 0.29) is 16.3 Å². The molecule has 3 aromatic rings. The molecule has 0 bridgehead atoms. The number of carbonyl (C=O) groups is 1. The van der Waals surface area contributed by atoms with Crippen molar-refractivity contribution in [2.45, 2.75) is 0 Å². The van der Waals surface area contributed by atoms with Crippen LogP contribution < -0.4 is 16.4 Å². The van der Waals surface area contributed by atoms with Gasteiger partial charge in [-0.2, -0.15) is 0 Å². The molecule has 4 N–H and O–H groups in total. The highest BCUT2D eigenvalue weighted by atomic mass is 16.4. The molecule has 3 rings (SSSR count). The molecular formula is C14H10N4O4. The Labute approximate surface area is 122 Å². The predicted molar refractivity (Wildman–Crippen MR) is 79.7 cm³/mol. The zero-order valence-corrected chi connectivity index (χ0v) is 11.1. The zero-order valence-electron chi connectivity index (χ0n) is 11.1. The molecule has 0 atom stereocenters. The van der Waals surface area contributed by atoms with Crippen molar-refractivity contribution in [1.82, 2.24) is 15.2 Å². The summed E-state index contributed by atoms with van der Waals surface area (Å²) < 4.78 is 0. The van der Waals surface area contributed by atoms with Gasteiger partial charge in [0.2, 0.25) is 0 Å². The first-order chi connectivity index (χ1) is 10.6. The Kier molecular flexibility index (Phi) is 3.18. The Hall–Kier alpha value is -3.42. The smallest absolute Gasteiger partial charge is 0.337 e. The Bertz CT molecular complexity index is 973. The van der Waals surface area contributed by atoms with Crippen LogP contribution in [0.5, 0.6) is 0 Å². The highest BCUT2D eigenvalue weighted by molar-refractivity contribution is 5.94. The van der Waals surface area contributed by atoms with E-state index >= 15 is 0 Å². The minimum Gasteiger partial charge on any atom is -0.478 e. The van der Waals surface area contributed by atoms with E-state index in [0.29, 0.717) is 11.5 Å². The minimum absolute atomic E-state index is 0.0535. The number of pyridine rings is 1. The summed E-state index contributed by atoms with van der Waals surface area (Å²) in [6.07, 6.45) is 1.20. The molecular weight excluding hydrogens is 288 g/mol. The van der Waals surface area contributed by atoms with Crippen LogP contribution in [-0.4, -0.2) is 26.3 Å². The number of rotatable bonds is 3. The lowest BCUT2D eigenvalue weighted by Crippen LogP contribution is -2.19. The van der Waals surface area contributed by atoms with E-state index in [1.807, 2.05) is 0 Å². The summed E-state index contributed by atoms with van der Waals surface area (Å²) in [6, 6.07) is 7.66. The highest BCUT2D eigenvalue weighted by Crippen LogP contribution is 2.20. The van der Waals surface area contributed by atoms with Crippen LogP contribution in [0, 0.1) is 0 Å². The van der Waals surface area contributed by atoms with E-state index in [2.05, 4.69) is 20.5 Å². The van der Waals surface area contributed by atoms with Crippen molar-refractivity contribution in [2.24, 2.45) is 0 Å². The van der Waals surface area contributed by atoms with E-state index in [4.69, 9.17) is 5.11 Å². The van der Waals surface area contributed by atoms with Crippen LogP contribution in [0.1, 0.15) is 10.4 Å². The normalized spacial score (nSPS) is 10.5. The number of hydrogen-bond donors (Lipinski definition) is 4.